The Kier molecular flexibility index (Phi) is 15.5. The Balaban J connectivity index is 0.000000230. The van der Waals surface area contributed by atoms with Crippen LogP contribution in [-0.4, -0.2) is 3.21 Å². The van der Waals surface area contributed by atoms with Crippen LogP contribution >= 0.6 is 0 Å². The van der Waals surface area contributed by atoms with Gasteiger partial charge >= 0.3 is 99.2 Å². The van der Waals surface area contributed by atoms with Crippen LogP contribution < -0.4 is 24.8 Å². The maximum absolute atomic E-state index is 3.65. The van der Waals surface area contributed by atoms with Gasteiger partial charge in [0.2, 0.25) is 0 Å². The van der Waals surface area contributed by atoms with Gasteiger partial charge in [0.05, 0.1) is 0 Å². The molecule has 0 nitrogen and oxygen atoms in total. The summed E-state index contributed by atoms with van der Waals surface area (Å²) in [6.45, 7) is 17.9. The fraction of sp³-hybridized carbons (Fsp3) is 0.286. The first-order valence-electron chi connectivity index (χ1n) is 15.7. The molecule has 234 valence electrons. The Morgan fingerprint density at radius 3 is 1.44 bits per heavy atom. The summed E-state index contributed by atoms with van der Waals surface area (Å²) in [6.07, 6.45) is 6.07. The van der Waals surface area contributed by atoms with Crippen molar-refractivity contribution in [3.63, 3.8) is 0 Å². The number of hydrogen-bond donors (Lipinski definition) is 0. The second-order valence-electron chi connectivity index (χ2n) is 12.7. The molecule has 3 heteroatoms. The van der Waals surface area contributed by atoms with Crippen LogP contribution in [0.4, 0.5) is 0 Å². The zero-order chi connectivity index (χ0) is 31.1. The van der Waals surface area contributed by atoms with Crippen LogP contribution in [0.25, 0.3) is 21.5 Å². The number of halogens is 2. The summed E-state index contributed by atoms with van der Waals surface area (Å²) in [5, 5.41) is 5.46. The number of hydrogen-bond acceptors (Lipinski definition) is 0. The zero-order valence-corrected chi connectivity index (χ0v) is 31.9. The Bertz CT molecular complexity index is 1600. The van der Waals surface area contributed by atoms with E-state index in [0.29, 0.717) is 23.7 Å². The Labute approximate surface area is 299 Å². The van der Waals surface area contributed by atoms with E-state index in [4.69, 9.17) is 0 Å². The van der Waals surface area contributed by atoms with Gasteiger partial charge in [-0.1, -0.05) is 101 Å². The predicted molar refractivity (Wildman–Crippen MR) is 185 cm³/mol. The third-order valence-electron chi connectivity index (χ3n) is 8.05. The van der Waals surface area contributed by atoms with E-state index in [1.54, 1.807) is 0 Å². The number of allylic oxidation sites excluding steroid dienone is 4. The fourth-order valence-electron chi connectivity index (χ4n) is 5.59. The van der Waals surface area contributed by atoms with Crippen LogP contribution in [0.15, 0.2) is 120 Å². The fourth-order valence-corrected chi connectivity index (χ4v) is 6.41. The number of fused-ring (bicyclic) bond motifs is 3. The van der Waals surface area contributed by atoms with E-state index in [9.17, 15) is 0 Å². The van der Waals surface area contributed by atoms with Crippen molar-refractivity contribution < 1.29 is 49.0 Å². The molecule has 0 saturated heterocycles. The van der Waals surface area contributed by atoms with Gasteiger partial charge in [-0.05, 0) is 13.8 Å². The van der Waals surface area contributed by atoms with E-state index in [1.165, 1.54) is 82.4 Å². The van der Waals surface area contributed by atoms with E-state index in [2.05, 4.69) is 171 Å². The average molecular weight is 713 g/mol. The molecule has 6 rings (SSSR count). The molecule has 0 spiro atoms. The molecule has 1 atom stereocenters. The Morgan fingerprint density at radius 2 is 1.09 bits per heavy atom. The molecule has 1 aliphatic carbocycles. The second kappa shape index (κ2) is 18.0. The minimum absolute atomic E-state index is 0. The van der Waals surface area contributed by atoms with Crippen LogP contribution in [-0.2, 0) is 24.2 Å². The summed E-state index contributed by atoms with van der Waals surface area (Å²) >= 11 is 1.46. The molecule has 1 unspecified atom stereocenters. The van der Waals surface area contributed by atoms with Crippen molar-refractivity contribution in [2.45, 2.75) is 55.4 Å². The first kappa shape index (κ1) is 38.7. The molecule has 1 aliphatic rings. The first-order valence-corrected chi connectivity index (χ1v) is 16.9. The van der Waals surface area contributed by atoms with Gasteiger partial charge in [0.25, 0.3) is 0 Å². The molecular formula is C42H46Cl2Zr-2. The second-order valence-corrected chi connectivity index (χ2v) is 13.9. The summed E-state index contributed by atoms with van der Waals surface area (Å²) in [7, 11) is 0. The van der Waals surface area contributed by atoms with E-state index >= 15 is 0 Å². The van der Waals surface area contributed by atoms with Crippen molar-refractivity contribution in [3.8, 4) is 0 Å². The van der Waals surface area contributed by atoms with Gasteiger partial charge in [-0.3, -0.25) is 6.08 Å². The van der Waals surface area contributed by atoms with Crippen LogP contribution in [0.5, 0.6) is 0 Å². The zero-order valence-electron chi connectivity index (χ0n) is 28.0. The molecule has 0 N–H and O–H groups in total. The Morgan fingerprint density at radius 1 is 0.644 bits per heavy atom. The number of aryl methyl sites for hydroxylation is 2. The summed E-state index contributed by atoms with van der Waals surface area (Å²) in [5.41, 5.74) is 8.30. The molecular weight excluding hydrogens is 667 g/mol. The third-order valence-corrected chi connectivity index (χ3v) is 9.47. The van der Waals surface area contributed by atoms with Gasteiger partial charge in [-0.15, -0.1) is 39.7 Å². The topological polar surface area (TPSA) is 0 Å². The van der Waals surface area contributed by atoms with E-state index < -0.39 is 0 Å². The molecule has 0 aliphatic heterocycles. The molecule has 5 aromatic carbocycles. The summed E-state index contributed by atoms with van der Waals surface area (Å²) in [4.78, 5) is 0. The van der Waals surface area contributed by atoms with Gasteiger partial charge in [0.1, 0.15) is 0 Å². The van der Waals surface area contributed by atoms with Crippen LogP contribution in [0.2, 0.25) is 0 Å². The van der Waals surface area contributed by atoms with Gasteiger partial charge in [-0.2, -0.15) is 11.6 Å². The molecule has 0 heterocycles. The van der Waals surface area contributed by atoms with Crippen molar-refractivity contribution in [1.29, 1.82) is 0 Å². The minimum atomic E-state index is 0. The molecule has 0 fully saturated rings. The molecule has 0 aromatic heterocycles. The van der Waals surface area contributed by atoms with Crippen molar-refractivity contribution in [2.75, 3.05) is 0 Å². The van der Waals surface area contributed by atoms with Gasteiger partial charge in [0.15, 0.2) is 0 Å². The van der Waals surface area contributed by atoms with Crippen LogP contribution in [0, 0.1) is 43.6 Å². The van der Waals surface area contributed by atoms with E-state index in [-0.39, 0.29) is 24.8 Å². The quantitative estimate of drug-likeness (QED) is 0.215. The molecule has 0 saturated carbocycles. The van der Waals surface area contributed by atoms with Gasteiger partial charge < -0.3 is 24.8 Å². The van der Waals surface area contributed by atoms with Crippen molar-refractivity contribution in [2.24, 2.45) is 23.7 Å². The van der Waals surface area contributed by atoms with Gasteiger partial charge in [-0.25, -0.2) is 5.57 Å². The molecule has 5 aromatic rings. The monoisotopic (exact) mass is 710 g/mol. The Hall–Kier alpha value is -2.44. The molecule has 0 bridgehead atoms. The molecule has 45 heavy (non-hydrogen) atoms. The standard InChI is InChI=1S/C15H13.C14H23.C13H10.2ClH.Zr/c1-10-3-5-14-12(7-10)9-13-8-11(2)4-6-15(13)14;1-9(2)12-7-13(10(3)4)14(8-12)11(5)6;1-3-7-12(8-4-1)11-13-9-5-2-6-10-13;;;/h3-9H,1-2H3;7,9-12H,1-6H3;1-10H;2*1H;/q2*-1;;;;+2/p-2. The van der Waals surface area contributed by atoms with Crippen LogP contribution in [0.3, 0.4) is 0 Å². The van der Waals surface area contributed by atoms with Crippen molar-refractivity contribution in [1.82, 2.24) is 0 Å². The van der Waals surface area contributed by atoms with E-state index in [1.807, 2.05) is 0 Å². The van der Waals surface area contributed by atoms with Crippen LogP contribution in [0.1, 0.15) is 63.8 Å². The van der Waals surface area contributed by atoms with Crippen molar-refractivity contribution >= 4 is 24.8 Å². The molecule has 0 radical (unpaired) electrons. The molecule has 0 amide bonds. The third kappa shape index (κ3) is 10.3. The normalized spacial score (nSPS) is 13.8. The summed E-state index contributed by atoms with van der Waals surface area (Å²) in [5.74, 6) is 2.49. The maximum atomic E-state index is 3.65. The van der Waals surface area contributed by atoms with Gasteiger partial charge in [0, 0.05) is 0 Å². The number of rotatable bonds is 5. The first-order chi connectivity index (χ1) is 20.5. The number of benzene rings is 4. The summed E-state index contributed by atoms with van der Waals surface area (Å²) < 4.78 is 1.42. The predicted octanol–water partition coefficient (Wildman–Crippen LogP) is 5.38. The SMILES string of the molecule is CC(C)C1=[C-]C(C(C)C)C=C1C(C)C.Cc1ccc2c(c1)[cH-]c1cc(C)ccc12.[Cl-].[Cl-].[Zr+2]=[C](c1ccccc1)c1ccccc1. The van der Waals surface area contributed by atoms with E-state index in [0.717, 1.165) is 0 Å². The van der Waals surface area contributed by atoms with Crippen molar-refractivity contribution in [3.05, 3.63) is 149 Å². The average Bonchev–Trinajstić information content (AvgIpc) is 3.60. The summed E-state index contributed by atoms with van der Waals surface area (Å²) in [6, 6.07) is 36.7.